The minimum atomic E-state index is -0.259. The monoisotopic (exact) mass is 313 g/mol. The van der Waals surface area contributed by atoms with Gasteiger partial charge in [-0.3, -0.25) is 4.79 Å². The van der Waals surface area contributed by atoms with Crippen LogP contribution in [0.3, 0.4) is 0 Å². The molecule has 0 aliphatic rings. The maximum Gasteiger partial charge on any atom is 0.258 e. The van der Waals surface area contributed by atoms with Crippen LogP contribution in [0.5, 0.6) is 5.75 Å². The Morgan fingerprint density at radius 3 is 2.65 bits per heavy atom. The summed E-state index contributed by atoms with van der Waals surface area (Å²) in [5.41, 5.74) is 0. The van der Waals surface area contributed by atoms with Crippen molar-refractivity contribution in [2.24, 2.45) is 0 Å². The van der Waals surface area contributed by atoms with Gasteiger partial charge in [-0.15, -0.1) is 0 Å². The van der Waals surface area contributed by atoms with E-state index >= 15 is 0 Å². The van der Waals surface area contributed by atoms with E-state index in [9.17, 15) is 4.79 Å². The summed E-state index contributed by atoms with van der Waals surface area (Å²) in [4.78, 5) is 11.7. The predicted molar refractivity (Wildman–Crippen MR) is 77.2 cm³/mol. The van der Waals surface area contributed by atoms with Gasteiger partial charge in [0, 0.05) is 10.0 Å². The maximum atomic E-state index is 11.7. The van der Waals surface area contributed by atoms with Crippen molar-refractivity contribution in [3.05, 3.63) is 52.4 Å². The Labute approximate surface area is 126 Å². The fourth-order valence-corrected chi connectivity index (χ4v) is 2.16. The Bertz CT molecular complexity index is 564. The first-order chi connectivity index (χ1) is 9.54. The summed E-state index contributed by atoms with van der Waals surface area (Å²) in [6, 6.07) is 8.12. The fraction of sp³-hybridized carbons (Fsp3) is 0.214. The number of carbonyl (C=O) groups is 1. The molecule has 20 heavy (non-hydrogen) atoms. The van der Waals surface area contributed by atoms with E-state index < -0.39 is 0 Å². The van der Waals surface area contributed by atoms with Crippen LogP contribution in [0.2, 0.25) is 10.0 Å². The van der Waals surface area contributed by atoms with E-state index in [1.165, 1.54) is 0 Å². The zero-order valence-corrected chi connectivity index (χ0v) is 12.2. The fourth-order valence-electron chi connectivity index (χ4n) is 1.65. The van der Waals surface area contributed by atoms with Crippen LogP contribution in [0.25, 0.3) is 0 Å². The predicted octanol–water partition coefficient (Wildman–Crippen LogP) is 3.84. The molecule has 1 aromatic heterocycles. The molecule has 1 amide bonds. The average molecular weight is 314 g/mol. The molecule has 2 aromatic rings. The smallest absolute Gasteiger partial charge is 0.258 e. The summed E-state index contributed by atoms with van der Waals surface area (Å²) in [6.45, 7) is 1.70. The van der Waals surface area contributed by atoms with Crippen molar-refractivity contribution < 1.29 is 13.9 Å². The first-order valence-electron chi connectivity index (χ1n) is 5.96. The van der Waals surface area contributed by atoms with Gasteiger partial charge in [-0.2, -0.15) is 0 Å². The third-order valence-electron chi connectivity index (χ3n) is 2.55. The number of halogens is 2. The summed E-state index contributed by atoms with van der Waals surface area (Å²) in [6.07, 6.45) is 1.56. The Kier molecular flexibility index (Phi) is 4.93. The van der Waals surface area contributed by atoms with Crippen LogP contribution in [0, 0.1) is 0 Å². The first kappa shape index (κ1) is 14.8. The Balaban J connectivity index is 1.86. The van der Waals surface area contributed by atoms with Crippen LogP contribution in [-0.2, 0) is 4.79 Å². The van der Waals surface area contributed by atoms with Crippen LogP contribution in [-0.4, -0.2) is 12.5 Å². The highest BCUT2D eigenvalue weighted by Gasteiger charge is 2.12. The van der Waals surface area contributed by atoms with Crippen LogP contribution in [0.4, 0.5) is 0 Å². The molecule has 0 radical (unpaired) electrons. The lowest BCUT2D eigenvalue weighted by Gasteiger charge is -2.12. The standard InChI is InChI=1S/C14H13Cl2NO3/c1-9(13-3-2-4-19-13)17-14(18)8-20-12-6-10(15)5-11(16)7-12/h2-7,9H,8H2,1H3,(H,17,18)/t9-/m0/s1. The van der Waals surface area contributed by atoms with E-state index in [0.29, 0.717) is 21.6 Å². The van der Waals surface area contributed by atoms with Crippen LogP contribution in [0.15, 0.2) is 41.0 Å². The van der Waals surface area contributed by atoms with Gasteiger partial charge in [-0.1, -0.05) is 23.2 Å². The zero-order chi connectivity index (χ0) is 14.5. The molecular weight excluding hydrogens is 301 g/mol. The van der Waals surface area contributed by atoms with E-state index in [4.69, 9.17) is 32.4 Å². The molecule has 0 saturated heterocycles. The zero-order valence-electron chi connectivity index (χ0n) is 10.7. The highest BCUT2D eigenvalue weighted by atomic mass is 35.5. The molecule has 0 bridgehead atoms. The van der Waals surface area contributed by atoms with Crippen molar-refractivity contribution in [1.82, 2.24) is 5.32 Å². The normalized spacial score (nSPS) is 11.9. The lowest BCUT2D eigenvalue weighted by molar-refractivity contribution is -0.123. The van der Waals surface area contributed by atoms with Crippen molar-refractivity contribution in [3.63, 3.8) is 0 Å². The van der Waals surface area contributed by atoms with Gasteiger partial charge in [-0.25, -0.2) is 0 Å². The largest absolute Gasteiger partial charge is 0.484 e. The van der Waals surface area contributed by atoms with Crippen LogP contribution < -0.4 is 10.1 Å². The summed E-state index contributed by atoms with van der Waals surface area (Å²) < 4.78 is 10.5. The van der Waals surface area contributed by atoms with Crippen molar-refractivity contribution in [2.75, 3.05) is 6.61 Å². The molecule has 0 fully saturated rings. The van der Waals surface area contributed by atoms with E-state index in [1.807, 2.05) is 6.92 Å². The quantitative estimate of drug-likeness (QED) is 0.912. The highest BCUT2D eigenvalue weighted by Crippen LogP contribution is 2.24. The van der Waals surface area contributed by atoms with Crippen LogP contribution in [0.1, 0.15) is 18.7 Å². The number of hydrogen-bond donors (Lipinski definition) is 1. The molecule has 1 aromatic carbocycles. The molecule has 6 heteroatoms. The van der Waals surface area contributed by atoms with Gasteiger partial charge in [0.1, 0.15) is 11.5 Å². The molecular formula is C14H13Cl2NO3. The number of amides is 1. The number of benzene rings is 1. The van der Waals surface area contributed by atoms with E-state index in [2.05, 4.69) is 5.32 Å². The SMILES string of the molecule is C[C@H](NC(=O)COc1cc(Cl)cc(Cl)c1)c1ccco1. The maximum absolute atomic E-state index is 11.7. The third kappa shape index (κ3) is 4.18. The van der Waals surface area contributed by atoms with Crippen molar-refractivity contribution in [1.29, 1.82) is 0 Å². The molecule has 0 aliphatic heterocycles. The Hall–Kier alpha value is -1.65. The van der Waals surface area contributed by atoms with Crippen molar-refractivity contribution in [2.45, 2.75) is 13.0 Å². The molecule has 0 saturated carbocycles. The molecule has 2 rings (SSSR count). The molecule has 4 nitrogen and oxygen atoms in total. The second-order valence-corrected chi connectivity index (χ2v) is 5.07. The summed E-state index contributed by atoms with van der Waals surface area (Å²) in [7, 11) is 0. The van der Waals surface area contributed by atoms with E-state index in [-0.39, 0.29) is 18.6 Å². The number of ether oxygens (including phenoxy) is 1. The lowest BCUT2D eigenvalue weighted by atomic mass is 10.2. The second kappa shape index (κ2) is 6.68. The summed E-state index contributed by atoms with van der Waals surface area (Å²) in [5, 5.41) is 3.67. The molecule has 0 unspecified atom stereocenters. The van der Waals surface area contributed by atoms with Gasteiger partial charge in [0.25, 0.3) is 5.91 Å². The minimum absolute atomic E-state index is 0.123. The molecule has 1 N–H and O–H groups in total. The van der Waals surface area contributed by atoms with Gasteiger partial charge in [-0.05, 0) is 37.3 Å². The van der Waals surface area contributed by atoms with Crippen molar-refractivity contribution >= 4 is 29.1 Å². The Morgan fingerprint density at radius 2 is 2.05 bits per heavy atom. The Morgan fingerprint density at radius 1 is 1.35 bits per heavy atom. The van der Waals surface area contributed by atoms with Crippen molar-refractivity contribution in [3.8, 4) is 5.75 Å². The van der Waals surface area contributed by atoms with E-state index in [0.717, 1.165) is 0 Å². The molecule has 1 atom stereocenters. The summed E-state index contributed by atoms with van der Waals surface area (Å²) in [5.74, 6) is 0.873. The third-order valence-corrected chi connectivity index (χ3v) is 2.99. The first-order valence-corrected chi connectivity index (χ1v) is 6.72. The number of nitrogens with one attached hydrogen (secondary N) is 1. The van der Waals surface area contributed by atoms with Gasteiger partial charge in [0.05, 0.1) is 12.3 Å². The van der Waals surface area contributed by atoms with Crippen LogP contribution >= 0.6 is 23.2 Å². The molecule has 0 spiro atoms. The number of carbonyl (C=O) groups excluding carboxylic acids is 1. The summed E-state index contributed by atoms with van der Waals surface area (Å²) >= 11 is 11.7. The molecule has 106 valence electrons. The number of hydrogen-bond acceptors (Lipinski definition) is 3. The van der Waals surface area contributed by atoms with E-state index in [1.54, 1.807) is 36.6 Å². The van der Waals surface area contributed by atoms with Gasteiger partial charge >= 0.3 is 0 Å². The lowest BCUT2D eigenvalue weighted by Crippen LogP contribution is -2.31. The van der Waals surface area contributed by atoms with Gasteiger partial charge in [0.15, 0.2) is 6.61 Å². The highest BCUT2D eigenvalue weighted by molar-refractivity contribution is 6.34. The topological polar surface area (TPSA) is 51.5 Å². The van der Waals surface area contributed by atoms with Gasteiger partial charge < -0.3 is 14.5 Å². The molecule has 0 aliphatic carbocycles. The minimum Gasteiger partial charge on any atom is -0.484 e. The molecule has 1 heterocycles. The average Bonchev–Trinajstić information content (AvgIpc) is 2.89. The number of rotatable bonds is 5. The number of furan rings is 1. The van der Waals surface area contributed by atoms with Gasteiger partial charge in [0.2, 0.25) is 0 Å². The second-order valence-electron chi connectivity index (χ2n) is 4.20.